The topological polar surface area (TPSA) is 45.7 Å². The van der Waals surface area contributed by atoms with Crippen LogP contribution in [-0.2, 0) is 11.3 Å². The Morgan fingerprint density at radius 2 is 1.76 bits per heavy atom. The van der Waals surface area contributed by atoms with Crippen LogP contribution in [0.4, 0.5) is 0 Å². The highest BCUT2D eigenvalue weighted by molar-refractivity contribution is 6.30. The lowest BCUT2D eigenvalue weighted by molar-refractivity contribution is -0.682. The lowest BCUT2D eigenvalue weighted by Crippen LogP contribution is -2.87. The van der Waals surface area contributed by atoms with E-state index in [1.54, 1.807) is 0 Å². The Morgan fingerprint density at radius 1 is 1.04 bits per heavy atom. The molecule has 0 spiro atoms. The average Bonchev–Trinajstić information content (AvgIpc) is 2.65. The van der Waals surface area contributed by atoms with Crippen LogP contribution in [0.15, 0.2) is 66.7 Å². The van der Waals surface area contributed by atoms with E-state index in [-0.39, 0.29) is 11.9 Å². The van der Waals surface area contributed by atoms with Gasteiger partial charge in [-0.05, 0) is 35.4 Å². The third kappa shape index (κ3) is 4.59. The van der Waals surface area contributed by atoms with Crippen LogP contribution in [-0.4, -0.2) is 12.5 Å². The van der Waals surface area contributed by atoms with Gasteiger partial charge in [0, 0.05) is 17.1 Å². The fraction of sp³-hybridized carbons (Fsp3) is 0.190. The van der Waals surface area contributed by atoms with Gasteiger partial charge in [0.05, 0.1) is 0 Å². The quantitative estimate of drug-likeness (QED) is 0.700. The van der Waals surface area contributed by atoms with Crippen molar-refractivity contribution in [2.75, 3.05) is 6.54 Å². The van der Waals surface area contributed by atoms with E-state index < -0.39 is 0 Å². The van der Waals surface area contributed by atoms with E-state index in [4.69, 9.17) is 11.6 Å². The molecule has 4 heteroatoms. The van der Waals surface area contributed by atoms with E-state index in [1.807, 2.05) is 30.3 Å². The van der Waals surface area contributed by atoms with Gasteiger partial charge in [-0.2, -0.15) is 0 Å². The number of nitrogens with one attached hydrogen (secondary N) is 1. The van der Waals surface area contributed by atoms with E-state index in [1.165, 1.54) is 16.3 Å². The molecule has 3 aromatic rings. The molecule has 3 aromatic carbocycles. The lowest BCUT2D eigenvalue weighted by atomic mass is 10.00. The number of amides is 1. The van der Waals surface area contributed by atoms with Crippen molar-refractivity contribution in [3.8, 4) is 0 Å². The summed E-state index contributed by atoms with van der Waals surface area (Å²) in [5.74, 6) is 0.0297. The van der Waals surface area contributed by atoms with Gasteiger partial charge < -0.3 is 10.6 Å². The van der Waals surface area contributed by atoms with Gasteiger partial charge in [-0.1, -0.05) is 66.2 Å². The maximum atomic E-state index is 12.1. The summed E-state index contributed by atoms with van der Waals surface area (Å²) in [5.41, 5.74) is 2.29. The molecule has 25 heavy (non-hydrogen) atoms. The molecule has 1 atom stereocenters. The van der Waals surface area contributed by atoms with E-state index >= 15 is 0 Å². The van der Waals surface area contributed by atoms with Gasteiger partial charge in [0.2, 0.25) is 0 Å². The number of quaternary nitrogens is 1. The molecule has 0 fully saturated rings. The van der Waals surface area contributed by atoms with Crippen molar-refractivity contribution >= 4 is 28.3 Å². The lowest BCUT2D eigenvalue weighted by Gasteiger charge is -2.13. The largest absolute Gasteiger partial charge is 0.347 e. The second-order valence-corrected chi connectivity index (χ2v) is 6.64. The third-order valence-electron chi connectivity index (χ3n) is 4.37. The van der Waals surface area contributed by atoms with Crippen LogP contribution in [0.3, 0.4) is 0 Å². The van der Waals surface area contributed by atoms with Crippen LogP contribution in [0.2, 0.25) is 5.02 Å². The molecule has 0 aliphatic carbocycles. The first-order chi connectivity index (χ1) is 12.1. The van der Waals surface area contributed by atoms with Gasteiger partial charge in [-0.25, -0.2) is 0 Å². The summed E-state index contributed by atoms with van der Waals surface area (Å²) in [4.78, 5) is 12.1. The standard InChI is InChI=1S/C21H21ClN2O/c1-15(19-8-4-6-17-5-2-3-7-20(17)19)23-14-21(25)24-13-16-9-11-18(22)12-10-16/h2-12,15,23H,13-14H2,1H3,(H,24,25)/p+1/t15-/m1/s1. The highest BCUT2D eigenvalue weighted by Crippen LogP contribution is 2.21. The molecular weight excluding hydrogens is 332 g/mol. The molecule has 3 N–H and O–H groups in total. The number of carbonyl (C=O) groups excluding carboxylic acids is 1. The summed E-state index contributed by atoms with van der Waals surface area (Å²) in [7, 11) is 0. The average molecular weight is 354 g/mol. The van der Waals surface area contributed by atoms with Gasteiger partial charge in [0.25, 0.3) is 5.91 Å². The van der Waals surface area contributed by atoms with Crippen LogP contribution >= 0.6 is 11.6 Å². The predicted octanol–water partition coefficient (Wildman–Crippen LogP) is 3.43. The third-order valence-corrected chi connectivity index (χ3v) is 4.63. The Morgan fingerprint density at radius 3 is 2.56 bits per heavy atom. The minimum absolute atomic E-state index is 0.0297. The van der Waals surface area contributed by atoms with Crippen molar-refractivity contribution in [1.82, 2.24) is 5.32 Å². The van der Waals surface area contributed by atoms with Crippen LogP contribution in [0.5, 0.6) is 0 Å². The summed E-state index contributed by atoms with van der Waals surface area (Å²) in [6.07, 6.45) is 0. The van der Waals surface area contributed by atoms with Gasteiger partial charge in [0.15, 0.2) is 6.54 Å². The van der Waals surface area contributed by atoms with Crippen molar-refractivity contribution in [3.63, 3.8) is 0 Å². The molecule has 0 saturated heterocycles. The second-order valence-electron chi connectivity index (χ2n) is 6.20. The molecule has 3 nitrogen and oxygen atoms in total. The number of hydrogen-bond donors (Lipinski definition) is 2. The van der Waals surface area contributed by atoms with Crippen molar-refractivity contribution in [1.29, 1.82) is 0 Å². The number of hydrogen-bond acceptors (Lipinski definition) is 1. The molecule has 0 bridgehead atoms. The number of halogens is 1. The predicted molar refractivity (Wildman–Crippen MR) is 102 cm³/mol. The first-order valence-electron chi connectivity index (χ1n) is 8.45. The molecule has 0 unspecified atom stereocenters. The van der Waals surface area contributed by atoms with Gasteiger partial charge in [0.1, 0.15) is 6.04 Å². The molecule has 0 saturated carbocycles. The summed E-state index contributed by atoms with van der Waals surface area (Å²) in [6.45, 7) is 3.05. The number of nitrogens with two attached hydrogens (primary N) is 1. The monoisotopic (exact) mass is 353 g/mol. The Bertz CT molecular complexity index is 856. The van der Waals surface area contributed by atoms with Crippen LogP contribution in [0.25, 0.3) is 10.8 Å². The molecule has 0 aliphatic rings. The normalized spacial score (nSPS) is 12.1. The molecule has 1 amide bonds. The Balaban J connectivity index is 1.55. The maximum absolute atomic E-state index is 12.1. The highest BCUT2D eigenvalue weighted by Gasteiger charge is 2.13. The molecule has 0 radical (unpaired) electrons. The molecule has 128 valence electrons. The fourth-order valence-corrected chi connectivity index (χ4v) is 3.06. The van der Waals surface area contributed by atoms with Crippen molar-refractivity contribution in [2.45, 2.75) is 19.5 Å². The Hall–Kier alpha value is -2.36. The van der Waals surface area contributed by atoms with Crippen LogP contribution < -0.4 is 10.6 Å². The van der Waals surface area contributed by atoms with Gasteiger partial charge in [-0.3, -0.25) is 4.79 Å². The summed E-state index contributed by atoms with van der Waals surface area (Å²) in [6, 6.07) is 22.4. The van der Waals surface area contributed by atoms with Crippen molar-refractivity contribution < 1.29 is 10.1 Å². The number of rotatable bonds is 6. The molecule has 0 aliphatic heterocycles. The van der Waals surface area contributed by atoms with Crippen LogP contribution in [0.1, 0.15) is 24.1 Å². The van der Waals surface area contributed by atoms with Gasteiger partial charge >= 0.3 is 0 Å². The van der Waals surface area contributed by atoms with Gasteiger partial charge in [-0.15, -0.1) is 0 Å². The number of fused-ring (bicyclic) bond motifs is 1. The second kappa shape index (κ2) is 8.15. The van der Waals surface area contributed by atoms with Crippen molar-refractivity contribution in [3.05, 3.63) is 82.9 Å². The van der Waals surface area contributed by atoms with Crippen LogP contribution in [0, 0.1) is 0 Å². The zero-order valence-corrected chi connectivity index (χ0v) is 15.0. The summed E-state index contributed by atoms with van der Waals surface area (Å²) >= 11 is 5.87. The first-order valence-corrected chi connectivity index (χ1v) is 8.83. The minimum atomic E-state index is 0.0297. The number of carbonyl (C=O) groups is 1. The number of benzene rings is 3. The Kier molecular flexibility index (Phi) is 5.69. The highest BCUT2D eigenvalue weighted by atomic mass is 35.5. The molecular formula is C21H22ClN2O+. The van der Waals surface area contributed by atoms with Crippen molar-refractivity contribution in [2.24, 2.45) is 0 Å². The Labute approximate surface area is 153 Å². The zero-order valence-electron chi connectivity index (χ0n) is 14.2. The molecule has 0 aromatic heterocycles. The molecule has 3 rings (SSSR count). The van der Waals surface area contributed by atoms with E-state index in [0.717, 1.165) is 5.56 Å². The zero-order chi connectivity index (χ0) is 17.6. The first kappa shape index (κ1) is 17.5. The summed E-state index contributed by atoms with van der Waals surface area (Å²) < 4.78 is 0. The fourth-order valence-electron chi connectivity index (χ4n) is 2.93. The smallest absolute Gasteiger partial charge is 0.275 e. The maximum Gasteiger partial charge on any atom is 0.275 e. The molecule has 0 heterocycles. The van der Waals surface area contributed by atoms with E-state index in [0.29, 0.717) is 18.1 Å². The minimum Gasteiger partial charge on any atom is -0.347 e. The summed E-state index contributed by atoms with van der Waals surface area (Å²) in [5, 5.41) is 8.19. The van der Waals surface area contributed by atoms with E-state index in [9.17, 15) is 4.79 Å². The SMILES string of the molecule is C[C@@H]([NH2+]CC(=O)NCc1ccc(Cl)cc1)c1cccc2ccccc12. The van der Waals surface area contributed by atoms with E-state index in [2.05, 4.69) is 54.0 Å².